The minimum Gasteiger partial charge on any atom is -0.496 e. The Kier molecular flexibility index (Phi) is 5.80. The number of benzene rings is 2. The van der Waals surface area contributed by atoms with Crippen LogP contribution in [-0.4, -0.2) is 28.9 Å². The molecule has 0 unspecified atom stereocenters. The number of carbonyl (C=O) groups is 1. The van der Waals surface area contributed by atoms with E-state index >= 15 is 0 Å². The van der Waals surface area contributed by atoms with Crippen molar-refractivity contribution in [3.05, 3.63) is 74.1 Å². The van der Waals surface area contributed by atoms with Crippen LogP contribution >= 0.6 is 43.6 Å². The van der Waals surface area contributed by atoms with E-state index in [2.05, 4.69) is 43.8 Å². The zero-order valence-electron chi connectivity index (χ0n) is 15.4. The van der Waals surface area contributed by atoms with E-state index in [-0.39, 0.29) is 5.91 Å². The van der Waals surface area contributed by atoms with Crippen LogP contribution in [0.3, 0.4) is 0 Å². The molecule has 0 radical (unpaired) electrons. The number of rotatable bonds is 4. The molecule has 2 aromatic carbocycles. The molecule has 0 aliphatic carbocycles. The van der Waals surface area contributed by atoms with E-state index in [4.69, 9.17) is 14.8 Å². The molecule has 4 rings (SSSR count). The van der Waals surface area contributed by atoms with Crippen molar-refractivity contribution in [2.45, 2.75) is 6.17 Å². The molecule has 9 heteroatoms. The predicted octanol–water partition coefficient (Wildman–Crippen LogP) is 3.28. The number of hydrazone groups is 1. The van der Waals surface area contributed by atoms with E-state index < -0.39 is 6.17 Å². The number of carbonyl (C=O) groups excluding carboxylic acids is 1. The minimum absolute atomic E-state index is 0.222. The molecular weight excluding hydrogens is 520 g/mol. The van der Waals surface area contributed by atoms with Gasteiger partial charge in [-0.05, 0) is 36.4 Å². The predicted molar refractivity (Wildman–Crippen MR) is 122 cm³/mol. The standard InChI is InChI=1S/C20H16Br2N4O2S/c1-3-8-29-20-24-19(27)17-13-9-11(21)4-6-15(13)23-18(26(17)25-20)14-10-12(22)5-7-16(14)28-2/h3-7,9-10,18H,1,8H2,2H3,(H,24,25,27)/t18-/m1/s1. The van der Waals surface area contributed by atoms with Crippen molar-refractivity contribution in [2.75, 3.05) is 12.9 Å². The number of halogens is 2. The van der Waals surface area contributed by atoms with Crippen LogP contribution in [0.15, 0.2) is 68.1 Å². The highest BCUT2D eigenvalue weighted by atomic mass is 79.9. The van der Waals surface area contributed by atoms with Crippen molar-refractivity contribution >= 4 is 60.4 Å². The summed E-state index contributed by atoms with van der Waals surface area (Å²) < 4.78 is 7.32. The van der Waals surface area contributed by atoms with Gasteiger partial charge in [-0.3, -0.25) is 15.1 Å². The fraction of sp³-hybridized carbons (Fsp3) is 0.150. The molecule has 2 heterocycles. The molecule has 6 nitrogen and oxygen atoms in total. The van der Waals surface area contributed by atoms with Crippen LogP contribution in [0, 0.1) is 0 Å². The summed E-state index contributed by atoms with van der Waals surface area (Å²) in [5.41, 5.74) is 1.26. The normalized spacial score (nSPS) is 17.6. The molecule has 1 atom stereocenters. The lowest BCUT2D eigenvalue weighted by Crippen LogP contribution is -2.50. The van der Waals surface area contributed by atoms with E-state index in [1.807, 2.05) is 36.4 Å². The molecule has 2 aromatic rings. The van der Waals surface area contributed by atoms with Gasteiger partial charge in [0.15, 0.2) is 11.3 Å². The Labute approximate surface area is 188 Å². The Morgan fingerprint density at radius 3 is 2.79 bits per heavy atom. The quantitative estimate of drug-likeness (QED) is 0.610. The number of amidine groups is 1. The van der Waals surface area contributed by atoms with Gasteiger partial charge in [0, 0.05) is 25.5 Å². The van der Waals surface area contributed by atoms with Crippen LogP contribution in [0.2, 0.25) is 0 Å². The Morgan fingerprint density at radius 1 is 1.28 bits per heavy atom. The molecule has 2 aliphatic rings. The molecule has 0 fully saturated rings. The smallest absolute Gasteiger partial charge is 0.276 e. The van der Waals surface area contributed by atoms with Crippen molar-refractivity contribution in [2.24, 2.45) is 10.1 Å². The molecule has 0 bridgehead atoms. The third-order valence-electron chi connectivity index (χ3n) is 4.38. The highest BCUT2D eigenvalue weighted by Gasteiger charge is 2.35. The van der Waals surface area contributed by atoms with Crippen LogP contribution < -0.4 is 20.6 Å². The Bertz CT molecular complexity index is 1170. The highest BCUT2D eigenvalue weighted by Crippen LogP contribution is 2.37. The summed E-state index contributed by atoms with van der Waals surface area (Å²) >= 11 is 8.41. The van der Waals surface area contributed by atoms with Gasteiger partial charge in [-0.2, -0.15) is 0 Å². The molecule has 0 saturated heterocycles. The topological polar surface area (TPSA) is 66.3 Å². The van der Waals surface area contributed by atoms with Crippen molar-refractivity contribution in [1.82, 2.24) is 10.3 Å². The number of thioether (sulfide) groups is 1. The second-order valence-corrected chi connectivity index (χ2v) is 9.04. The number of hydrogen-bond donors (Lipinski definition) is 1. The van der Waals surface area contributed by atoms with E-state index in [1.165, 1.54) is 11.8 Å². The van der Waals surface area contributed by atoms with E-state index in [9.17, 15) is 4.79 Å². The van der Waals surface area contributed by atoms with Gasteiger partial charge in [-0.1, -0.05) is 49.7 Å². The molecule has 1 amide bonds. The van der Waals surface area contributed by atoms with Crippen molar-refractivity contribution in [1.29, 1.82) is 0 Å². The fourth-order valence-corrected chi connectivity index (χ4v) is 4.49. The first-order valence-corrected chi connectivity index (χ1v) is 11.2. The largest absolute Gasteiger partial charge is 0.496 e. The molecule has 0 spiro atoms. The zero-order valence-corrected chi connectivity index (χ0v) is 19.3. The van der Waals surface area contributed by atoms with Crippen molar-refractivity contribution in [3.63, 3.8) is 0 Å². The van der Waals surface area contributed by atoms with E-state index in [0.29, 0.717) is 22.4 Å². The molecule has 1 N–H and O–H groups in total. The molecule has 0 saturated carbocycles. The third-order valence-corrected chi connectivity index (χ3v) is 6.22. The monoisotopic (exact) mass is 534 g/mol. The summed E-state index contributed by atoms with van der Waals surface area (Å²) in [5, 5.41) is 11.2. The van der Waals surface area contributed by atoms with Gasteiger partial charge in [0.25, 0.3) is 5.91 Å². The average Bonchev–Trinajstić information content (AvgIpc) is 2.71. The van der Waals surface area contributed by atoms with Crippen molar-refractivity contribution in [3.8, 4) is 5.75 Å². The van der Waals surface area contributed by atoms with Gasteiger partial charge in [0.1, 0.15) is 11.4 Å². The van der Waals surface area contributed by atoms with Crippen LogP contribution in [-0.2, 0) is 4.79 Å². The van der Waals surface area contributed by atoms with Gasteiger partial charge in [-0.15, -0.1) is 11.7 Å². The first kappa shape index (κ1) is 20.2. The van der Waals surface area contributed by atoms with Gasteiger partial charge >= 0.3 is 0 Å². The SMILES string of the molecule is C=CCSC1=NN2C(=c3cc(Br)ccc3=N[C@H]2c2cc(Br)ccc2OC)C(=O)N1. The maximum atomic E-state index is 13.1. The summed E-state index contributed by atoms with van der Waals surface area (Å²) in [6.07, 6.45) is 1.22. The second kappa shape index (κ2) is 8.33. The lowest BCUT2D eigenvalue weighted by molar-refractivity contribution is -0.116. The number of nitrogens with zero attached hydrogens (tertiary/aromatic N) is 3. The summed E-state index contributed by atoms with van der Waals surface area (Å²) in [6.45, 7) is 3.73. The zero-order chi connectivity index (χ0) is 20.5. The van der Waals surface area contributed by atoms with Gasteiger partial charge in [-0.25, -0.2) is 5.01 Å². The number of methoxy groups -OCH3 is 1. The molecule has 0 aromatic heterocycles. The number of fused-ring (bicyclic) bond motifs is 2. The number of ether oxygens (including phenoxy) is 1. The average molecular weight is 536 g/mol. The van der Waals surface area contributed by atoms with Crippen LogP contribution in [0.4, 0.5) is 0 Å². The lowest BCUT2D eigenvalue weighted by Gasteiger charge is -2.34. The maximum Gasteiger partial charge on any atom is 0.276 e. The van der Waals surface area contributed by atoms with Crippen LogP contribution in [0.1, 0.15) is 11.7 Å². The molecule has 29 heavy (non-hydrogen) atoms. The van der Waals surface area contributed by atoms with Gasteiger partial charge in [0.2, 0.25) is 0 Å². The summed E-state index contributed by atoms with van der Waals surface area (Å²) in [4.78, 5) is 18.0. The van der Waals surface area contributed by atoms with Gasteiger partial charge < -0.3 is 4.74 Å². The van der Waals surface area contributed by atoms with Crippen LogP contribution in [0.5, 0.6) is 5.75 Å². The molecular formula is C20H16Br2N4O2S. The molecule has 2 aliphatic heterocycles. The maximum absolute atomic E-state index is 13.1. The first-order chi connectivity index (χ1) is 14.0. The lowest BCUT2D eigenvalue weighted by atomic mass is 10.1. The van der Waals surface area contributed by atoms with Crippen LogP contribution in [0.25, 0.3) is 5.70 Å². The number of amides is 1. The highest BCUT2D eigenvalue weighted by molar-refractivity contribution is 9.10. The molecule has 148 valence electrons. The first-order valence-electron chi connectivity index (χ1n) is 8.66. The van der Waals surface area contributed by atoms with E-state index in [1.54, 1.807) is 18.2 Å². The second-order valence-electron chi connectivity index (χ2n) is 6.20. The fourth-order valence-electron chi connectivity index (χ4n) is 3.16. The third kappa shape index (κ3) is 3.86. The van der Waals surface area contributed by atoms with Gasteiger partial charge in [0.05, 0.1) is 12.5 Å². The number of hydrogen-bond acceptors (Lipinski definition) is 6. The number of nitrogens with one attached hydrogen (secondary N) is 1. The summed E-state index contributed by atoms with van der Waals surface area (Å²) in [5.74, 6) is 1.08. The Hall–Kier alpha value is -2.10. The van der Waals surface area contributed by atoms with Crippen molar-refractivity contribution < 1.29 is 9.53 Å². The Balaban J connectivity index is 1.97. The van der Waals surface area contributed by atoms with E-state index in [0.717, 1.165) is 25.1 Å². The summed E-state index contributed by atoms with van der Waals surface area (Å²) in [6, 6.07) is 11.4. The Morgan fingerprint density at radius 2 is 2.03 bits per heavy atom. The summed E-state index contributed by atoms with van der Waals surface area (Å²) in [7, 11) is 1.61. The minimum atomic E-state index is -0.545.